The van der Waals surface area contributed by atoms with Crippen molar-refractivity contribution in [1.29, 1.82) is 0 Å². The summed E-state index contributed by atoms with van der Waals surface area (Å²) in [6, 6.07) is 11.2. The first-order chi connectivity index (χ1) is 11.7. The highest BCUT2D eigenvalue weighted by atomic mass is 79.9. The Labute approximate surface area is 150 Å². The predicted molar refractivity (Wildman–Crippen MR) is 98.6 cm³/mol. The van der Waals surface area contributed by atoms with Crippen molar-refractivity contribution in [1.82, 2.24) is 4.98 Å². The fourth-order valence-corrected chi connectivity index (χ4v) is 3.06. The second-order valence-corrected chi connectivity index (χ2v) is 6.66. The van der Waals surface area contributed by atoms with Gasteiger partial charge in [0.1, 0.15) is 11.6 Å². The van der Waals surface area contributed by atoms with Gasteiger partial charge in [-0.25, -0.2) is 4.98 Å². The topological polar surface area (TPSA) is 54.5 Å². The Hall–Kier alpha value is -2.08. The van der Waals surface area contributed by atoms with Gasteiger partial charge in [-0.3, -0.25) is 4.79 Å². The van der Waals surface area contributed by atoms with E-state index in [1.165, 1.54) is 19.3 Å². The van der Waals surface area contributed by atoms with Crippen LogP contribution < -0.4 is 15.0 Å². The summed E-state index contributed by atoms with van der Waals surface area (Å²) in [4.78, 5) is 18.6. The molecule has 126 valence electrons. The Balaban J connectivity index is 1.50. The molecule has 2 aromatic rings. The van der Waals surface area contributed by atoms with Gasteiger partial charge in [-0.2, -0.15) is 0 Å². The number of benzene rings is 1. The summed E-state index contributed by atoms with van der Waals surface area (Å²) in [5.74, 6) is 0.958. The molecule has 5 nitrogen and oxygen atoms in total. The van der Waals surface area contributed by atoms with Crippen molar-refractivity contribution in [2.24, 2.45) is 0 Å². The van der Waals surface area contributed by atoms with Gasteiger partial charge in [0.15, 0.2) is 6.61 Å². The van der Waals surface area contributed by atoms with Crippen molar-refractivity contribution in [3.63, 3.8) is 0 Å². The van der Waals surface area contributed by atoms with Gasteiger partial charge in [0.05, 0.1) is 11.9 Å². The molecule has 1 aromatic carbocycles. The second kappa shape index (κ2) is 8.15. The van der Waals surface area contributed by atoms with Crippen molar-refractivity contribution in [2.45, 2.75) is 19.3 Å². The molecule has 0 spiro atoms. The zero-order chi connectivity index (χ0) is 16.8. The molecule has 0 saturated carbocycles. The zero-order valence-electron chi connectivity index (χ0n) is 13.4. The molecule has 0 radical (unpaired) electrons. The molecule has 1 fully saturated rings. The highest BCUT2D eigenvalue weighted by Gasteiger charge is 2.11. The van der Waals surface area contributed by atoms with Gasteiger partial charge in [0.25, 0.3) is 5.91 Å². The minimum absolute atomic E-state index is 0.0496. The number of carbonyl (C=O) groups excluding carboxylic acids is 1. The first-order valence-corrected chi connectivity index (χ1v) is 8.89. The molecule has 1 aliphatic rings. The smallest absolute Gasteiger partial charge is 0.263 e. The number of piperidine rings is 1. The third-order valence-corrected chi connectivity index (χ3v) is 4.40. The number of hydrogen-bond donors (Lipinski definition) is 1. The number of amides is 1. The molecule has 1 aromatic heterocycles. The van der Waals surface area contributed by atoms with Crippen LogP contribution in [0.5, 0.6) is 5.75 Å². The van der Waals surface area contributed by atoms with Gasteiger partial charge in [0.2, 0.25) is 0 Å². The van der Waals surface area contributed by atoms with Crippen LogP contribution in [0, 0.1) is 0 Å². The van der Waals surface area contributed by atoms with Crippen molar-refractivity contribution >= 4 is 33.3 Å². The maximum absolute atomic E-state index is 12.0. The second-order valence-electron chi connectivity index (χ2n) is 5.74. The normalized spacial score (nSPS) is 14.3. The van der Waals surface area contributed by atoms with Crippen molar-refractivity contribution in [3.8, 4) is 5.75 Å². The quantitative estimate of drug-likeness (QED) is 0.843. The van der Waals surface area contributed by atoms with Crippen molar-refractivity contribution in [3.05, 3.63) is 47.1 Å². The first kappa shape index (κ1) is 16.8. The molecule has 0 unspecified atom stereocenters. The molecule has 0 atom stereocenters. The van der Waals surface area contributed by atoms with E-state index in [2.05, 4.69) is 31.1 Å². The number of aromatic nitrogens is 1. The molecule has 1 saturated heterocycles. The molecular formula is C18H20BrN3O2. The average Bonchev–Trinajstić information content (AvgIpc) is 2.61. The van der Waals surface area contributed by atoms with E-state index in [0.29, 0.717) is 11.6 Å². The Kier molecular flexibility index (Phi) is 5.69. The molecule has 2 heterocycles. The number of halogens is 1. The van der Waals surface area contributed by atoms with Crippen LogP contribution in [-0.4, -0.2) is 30.6 Å². The van der Waals surface area contributed by atoms with Gasteiger partial charge in [-0.15, -0.1) is 0 Å². The summed E-state index contributed by atoms with van der Waals surface area (Å²) in [7, 11) is 0. The highest BCUT2D eigenvalue weighted by molar-refractivity contribution is 9.10. The standard InChI is InChI=1S/C18H20BrN3O2/c19-14-5-4-6-16(11-14)24-13-18(23)21-17-8-7-15(12-20-17)22-9-2-1-3-10-22/h4-8,11-12H,1-3,9-10,13H2,(H,20,21,23). The monoisotopic (exact) mass is 389 g/mol. The third kappa shape index (κ3) is 4.71. The van der Waals surface area contributed by atoms with E-state index in [0.717, 1.165) is 23.2 Å². The molecule has 1 amide bonds. The lowest BCUT2D eigenvalue weighted by atomic mass is 10.1. The lowest BCUT2D eigenvalue weighted by Gasteiger charge is -2.28. The fourth-order valence-electron chi connectivity index (χ4n) is 2.68. The van der Waals surface area contributed by atoms with Crippen LogP contribution >= 0.6 is 15.9 Å². The SMILES string of the molecule is O=C(COc1cccc(Br)c1)Nc1ccc(N2CCCCC2)cn1. The molecule has 1 aliphatic heterocycles. The Bertz CT molecular complexity index is 685. The van der Waals surface area contributed by atoms with Crippen molar-refractivity contribution < 1.29 is 9.53 Å². The van der Waals surface area contributed by atoms with E-state index in [4.69, 9.17) is 4.74 Å². The summed E-state index contributed by atoms with van der Waals surface area (Å²) in [6.45, 7) is 2.10. The number of hydrogen-bond acceptors (Lipinski definition) is 4. The number of ether oxygens (including phenoxy) is 1. The number of nitrogens with zero attached hydrogens (tertiary/aromatic N) is 2. The van der Waals surface area contributed by atoms with Crippen LogP contribution in [0.1, 0.15) is 19.3 Å². The molecular weight excluding hydrogens is 370 g/mol. The number of nitrogens with one attached hydrogen (secondary N) is 1. The van der Waals surface area contributed by atoms with Crippen LogP contribution in [0.4, 0.5) is 11.5 Å². The lowest BCUT2D eigenvalue weighted by molar-refractivity contribution is -0.118. The molecule has 1 N–H and O–H groups in total. The van der Waals surface area contributed by atoms with E-state index in [-0.39, 0.29) is 12.5 Å². The minimum Gasteiger partial charge on any atom is -0.484 e. The van der Waals surface area contributed by atoms with Crippen LogP contribution in [0.25, 0.3) is 0 Å². The van der Waals surface area contributed by atoms with Crippen LogP contribution in [0.2, 0.25) is 0 Å². The Morgan fingerprint density at radius 3 is 2.75 bits per heavy atom. The van der Waals surface area contributed by atoms with Gasteiger partial charge in [-0.05, 0) is 49.6 Å². The van der Waals surface area contributed by atoms with Gasteiger partial charge in [-0.1, -0.05) is 22.0 Å². The van der Waals surface area contributed by atoms with E-state index in [1.54, 1.807) is 0 Å². The molecule has 3 rings (SSSR count). The summed E-state index contributed by atoms with van der Waals surface area (Å²) in [5.41, 5.74) is 1.11. The minimum atomic E-state index is -0.229. The van der Waals surface area contributed by atoms with Crippen LogP contribution in [0.3, 0.4) is 0 Å². The summed E-state index contributed by atoms with van der Waals surface area (Å²) >= 11 is 3.37. The Morgan fingerprint density at radius 2 is 2.04 bits per heavy atom. The number of carbonyl (C=O) groups is 1. The summed E-state index contributed by atoms with van der Waals surface area (Å²) in [6.07, 6.45) is 5.57. The molecule has 24 heavy (non-hydrogen) atoms. The maximum atomic E-state index is 12.0. The third-order valence-electron chi connectivity index (χ3n) is 3.90. The summed E-state index contributed by atoms with van der Waals surface area (Å²) < 4.78 is 6.37. The Morgan fingerprint density at radius 1 is 1.21 bits per heavy atom. The molecule has 0 aliphatic carbocycles. The number of rotatable bonds is 5. The summed E-state index contributed by atoms with van der Waals surface area (Å²) in [5, 5.41) is 2.75. The largest absolute Gasteiger partial charge is 0.484 e. The van der Waals surface area contributed by atoms with E-state index in [1.807, 2.05) is 42.6 Å². The van der Waals surface area contributed by atoms with E-state index < -0.39 is 0 Å². The number of pyridine rings is 1. The number of anilines is 2. The van der Waals surface area contributed by atoms with E-state index in [9.17, 15) is 4.79 Å². The molecule has 0 bridgehead atoms. The molecule has 6 heteroatoms. The average molecular weight is 390 g/mol. The zero-order valence-corrected chi connectivity index (χ0v) is 15.0. The van der Waals surface area contributed by atoms with Gasteiger partial charge < -0.3 is 15.0 Å². The van der Waals surface area contributed by atoms with Crippen molar-refractivity contribution in [2.75, 3.05) is 29.9 Å². The van der Waals surface area contributed by atoms with Crippen LogP contribution in [-0.2, 0) is 4.79 Å². The lowest BCUT2D eigenvalue weighted by Crippen LogP contribution is -2.29. The fraction of sp³-hybridized carbons (Fsp3) is 0.333. The highest BCUT2D eigenvalue weighted by Crippen LogP contribution is 2.20. The van der Waals surface area contributed by atoms with Crippen LogP contribution in [0.15, 0.2) is 47.1 Å². The van der Waals surface area contributed by atoms with Gasteiger partial charge >= 0.3 is 0 Å². The van der Waals surface area contributed by atoms with Gasteiger partial charge in [0, 0.05) is 17.6 Å². The van der Waals surface area contributed by atoms with E-state index >= 15 is 0 Å². The maximum Gasteiger partial charge on any atom is 0.263 e. The first-order valence-electron chi connectivity index (χ1n) is 8.10. The predicted octanol–water partition coefficient (Wildman–Crippen LogP) is 3.85.